The van der Waals surface area contributed by atoms with E-state index in [1.165, 1.54) is 0 Å². The predicted octanol–water partition coefficient (Wildman–Crippen LogP) is 2.42. The summed E-state index contributed by atoms with van der Waals surface area (Å²) in [6, 6.07) is 3.76. The number of carbonyl (C=O) groups excluding carboxylic acids is 1. The van der Waals surface area contributed by atoms with Gasteiger partial charge in [-0.2, -0.15) is 18.4 Å². The molecule has 0 aromatic heterocycles. The minimum atomic E-state index is -4.52. The molecule has 1 rings (SSSR count). The van der Waals surface area contributed by atoms with Crippen LogP contribution in [0.5, 0.6) is 0 Å². The van der Waals surface area contributed by atoms with Crippen LogP contribution in [0.2, 0.25) is 0 Å². The molecule has 0 atom stereocenters. The summed E-state index contributed by atoms with van der Waals surface area (Å²) in [5.74, 6) is -0.750. The Morgan fingerprint density at radius 3 is 2.58 bits per heavy atom. The average molecular weight is 290 g/mol. The van der Waals surface area contributed by atoms with Crippen LogP contribution < -0.4 is 5.73 Å². The first kappa shape index (κ1) is 15.3. The number of esters is 1. The first-order chi connectivity index (χ1) is 8.82. The second kappa shape index (κ2) is 5.95. The second-order valence-corrected chi connectivity index (χ2v) is 4.47. The predicted molar refractivity (Wildman–Crippen MR) is 62.3 cm³/mol. The minimum absolute atomic E-state index is 0.00641. The summed E-state index contributed by atoms with van der Waals surface area (Å²) in [6.07, 6.45) is 0. The normalized spacial score (nSPS) is 10.9. The van der Waals surface area contributed by atoms with Gasteiger partial charge in [-0.3, -0.25) is 0 Å². The van der Waals surface area contributed by atoms with Gasteiger partial charge in [0.15, 0.2) is 0 Å². The molecule has 8 heteroatoms. The van der Waals surface area contributed by atoms with Crippen molar-refractivity contribution in [1.29, 1.82) is 5.26 Å². The number of carbonyl (C=O) groups is 1. The van der Waals surface area contributed by atoms with Gasteiger partial charge in [0.25, 0.3) is 0 Å². The summed E-state index contributed by atoms with van der Waals surface area (Å²) in [5, 5.41) is 8.84. The van der Waals surface area contributed by atoms with E-state index in [2.05, 4.69) is 4.74 Å². The largest absolute Gasteiger partial charge is 0.465 e. The minimum Gasteiger partial charge on any atom is -0.465 e. The number of hydrogen-bond acceptors (Lipinski definition) is 5. The molecule has 0 amide bonds. The van der Waals surface area contributed by atoms with Crippen molar-refractivity contribution >= 4 is 17.7 Å². The Morgan fingerprint density at radius 1 is 1.53 bits per heavy atom. The van der Waals surface area contributed by atoms with Crippen LogP contribution in [0, 0.1) is 11.3 Å². The fourth-order valence-corrected chi connectivity index (χ4v) is 2.05. The van der Waals surface area contributed by atoms with Gasteiger partial charge in [-0.15, -0.1) is 0 Å². The van der Waals surface area contributed by atoms with Crippen LogP contribution in [-0.2, 0) is 11.3 Å². The standard InChI is InChI=1S/C11H9F3N2O2S/c1-18-10(17)8-2-7(5-16)9(3-6(8)4-15)19-11(12,13)14/h2-3H,4,15H2,1H3. The van der Waals surface area contributed by atoms with Crippen molar-refractivity contribution in [3.8, 4) is 6.07 Å². The quantitative estimate of drug-likeness (QED) is 0.683. The van der Waals surface area contributed by atoms with Gasteiger partial charge in [-0.25, -0.2) is 4.79 Å². The molecule has 0 aliphatic heterocycles. The van der Waals surface area contributed by atoms with E-state index in [4.69, 9.17) is 11.0 Å². The number of methoxy groups -OCH3 is 1. The number of nitrogens with zero attached hydrogens (tertiary/aromatic N) is 1. The zero-order valence-corrected chi connectivity index (χ0v) is 10.6. The molecule has 102 valence electrons. The number of ether oxygens (including phenoxy) is 1. The summed E-state index contributed by atoms with van der Waals surface area (Å²) in [7, 11) is 1.13. The van der Waals surface area contributed by atoms with E-state index >= 15 is 0 Å². The van der Waals surface area contributed by atoms with Crippen molar-refractivity contribution < 1.29 is 22.7 Å². The van der Waals surface area contributed by atoms with Gasteiger partial charge in [-0.1, -0.05) is 0 Å². The third-order valence-corrected chi connectivity index (χ3v) is 2.97. The number of thioether (sulfide) groups is 1. The molecule has 1 aromatic carbocycles. The first-order valence-corrected chi connectivity index (χ1v) is 5.75. The average Bonchev–Trinajstić information content (AvgIpc) is 2.35. The molecule has 0 bridgehead atoms. The lowest BCUT2D eigenvalue weighted by atomic mass is 10.0. The number of alkyl halides is 3. The molecule has 0 aliphatic carbocycles. The molecule has 0 aliphatic rings. The van der Waals surface area contributed by atoms with Gasteiger partial charge >= 0.3 is 11.5 Å². The molecule has 19 heavy (non-hydrogen) atoms. The highest BCUT2D eigenvalue weighted by molar-refractivity contribution is 8.00. The van der Waals surface area contributed by atoms with Crippen LogP contribution in [0.1, 0.15) is 21.5 Å². The summed E-state index contributed by atoms with van der Waals surface area (Å²) in [4.78, 5) is 11.2. The third-order valence-electron chi connectivity index (χ3n) is 2.18. The number of halogens is 3. The lowest BCUT2D eigenvalue weighted by molar-refractivity contribution is -0.0328. The van der Waals surface area contributed by atoms with Crippen molar-refractivity contribution in [2.75, 3.05) is 7.11 Å². The Kier molecular flexibility index (Phi) is 4.80. The molecule has 2 N–H and O–H groups in total. The smallest absolute Gasteiger partial charge is 0.446 e. The Labute approximate surface area is 111 Å². The maximum Gasteiger partial charge on any atom is 0.446 e. The molecule has 0 spiro atoms. The fraction of sp³-hybridized carbons (Fsp3) is 0.273. The Bertz CT molecular complexity index is 538. The number of hydrogen-bond donors (Lipinski definition) is 1. The van der Waals surface area contributed by atoms with E-state index in [1.54, 1.807) is 6.07 Å². The van der Waals surface area contributed by atoms with Crippen LogP contribution in [0.15, 0.2) is 17.0 Å². The molecule has 0 fully saturated rings. The molecule has 1 aromatic rings. The second-order valence-electron chi connectivity index (χ2n) is 3.36. The van der Waals surface area contributed by atoms with E-state index in [9.17, 15) is 18.0 Å². The zero-order valence-electron chi connectivity index (χ0n) is 9.75. The van der Waals surface area contributed by atoms with Crippen molar-refractivity contribution in [3.05, 3.63) is 28.8 Å². The van der Waals surface area contributed by atoms with E-state index in [1.807, 2.05) is 0 Å². The number of benzene rings is 1. The fourth-order valence-electron chi connectivity index (χ4n) is 1.39. The first-order valence-electron chi connectivity index (χ1n) is 4.93. The maximum absolute atomic E-state index is 12.3. The molecule has 0 unspecified atom stereocenters. The molecular weight excluding hydrogens is 281 g/mol. The lowest BCUT2D eigenvalue weighted by Crippen LogP contribution is -2.11. The van der Waals surface area contributed by atoms with Gasteiger partial charge in [0, 0.05) is 11.4 Å². The highest BCUT2D eigenvalue weighted by atomic mass is 32.2. The van der Waals surface area contributed by atoms with E-state index < -0.39 is 23.2 Å². The van der Waals surface area contributed by atoms with Crippen LogP contribution in [-0.4, -0.2) is 18.6 Å². The Balaban J connectivity index is 3.36. The Morgan fingerprint density at radius 2 is 2.16 bits per heavy atom. The van der Waals surface area contributed by atoms with E-state index in [-0.39, 0.29) is 28.1 Å². The topological polar surface area (TPSA) is 76.1 Å². The van der Waals surface area contributed by atoms with Crippen molar-refractivity contribution in [2.45, 2.75) is 16.9 Å². The summed E-state index contributed by atoms with van der Waals surface area (Å²) < 4.78 is 41.5. The highest BCUT2D eigenvalue weighted by Gasteiger charge is 2.31. The summed E-state index contributed by atoms with van der Waals surface area (Å²) in [6.45, 7) is -0.137. The SMILES string of the molecule is COC(=O)c1cc(C#N)c(SC(F)(F)F)cc1CN. The van der Waals surface area contributed by atoms with Crippen LogP contribution in [0.3, 0.4) is 0 Å². The molecule has 0 saturated carbocycles. The molecule has 0 saturated heterocycles. The van der Waals surface area contributed by atoms with Crippen molar-refractivity contribution in [1.82, 2.24) is 0 Å². The molecule has 0 radical (unpaired) electrons. The van der Waals surface area contributed by atoms with Crippen molar-refractivity contribution in [2.24, 2.45) is 5.73 Å². The van der Waals surface area contributed by atoms with Crippen LogP contribution >= 0.6 is 11.8 Å². The zero-order chi connectivity index (χ0) is 14.6. The number of rotatable bonds is 3. The number of nitrogens with two attached hydrogens (primary N) is 1. The van der Waals surface area contributed by atoms with Gasteiger partial charge in [0.2, 0.25) is 0 Å². The van der Waals surface area contributed by atoms with Gasteiger partial charge in [0.1, 0.15) is 6.07 Å². The summed E-state index contributed by atoms with van der Waals surface area (Å²) >= 11 is -0.421. The van der Waals surface area contributed by atoms with E-state index in [0.29, 0.717) is 0 Å². The van der Waals surface area contributed by atoms with E-state index in [0.717, 1.165) is 19.2 Å². The maximum atomic E-state index is 12.3. The number of nitriles is 1. The van der Waals surface area contributed by atoms with Gasteiger partial charge in [-0.05, 0) is 29.5 Å². The van der Waals surface area contributed by atoms with Crippen LogP contribution in [0.25, 0.3) is 0 Å². The Hall–Kier alpha value is -1.72. The summed E-state index contributed by atoms with van der Waals surface area (Å²) in [5.41, 5.74) is 0.798. The van der Waals surface area contributed by atoms with Gasteiger partial charge in [0.05, 0.1) is 18.2 Å². The van der Waals surface area contributed by atoms with Crippen molar-refractivity contribution in [3.63, 3.8) is 0 Å². The monoisotopic (exact) mass is 290 g/mol. The third kappa shape index (κ3) is 3.87. The molecule has 0 heterocycles. The highest BCUT2D eigenvalue weighted by Crippen LogP contribution is 2.39. The van der Waals surface area contributed by atoms with Gasteiger partial charge < -0.3 is 10.5 Å². The van der Waals surface area contributed by atoms with Crippen LogP contribution in [0.4, 0.5) is 13.2 Å². The molecule has 4 nitrogen and oxygen atoms in total. The molecular formula is C11H9F3N2O2S. The lowest BCUT2D eigenvalue weighted by Gasteiger charge is -2.12.